The Morgan fingerprint density at radius 1 is 1.16 bits per heavy atom. The molecule has 0 radical (unpaired) electrons. The van der Waals surface area contributed by atoms with Gasteiger partial charge in [-0.1, -0.05) is 26.7 Å². The topological polar surface area (TPSA) is 21.3 Å². The first kappa shape index (κ1) is 16.8. The van der Waals surface area contributed by atoms with Crippen molar-refractivity contribution < 1.29 is 17.9 Å². The number of ether oxygens (including phenoxy) is 1. The van der Waals surface area contributed by atoms with Gasteiger partial charge in [0.05, 0.1) is 5.92 Å². The Morgan fingerprint density at radius 3 is 2.37 bits per heavy atom. The molecule has 2 unspecified atom stereocenters. The van der Waals surface area contributed by atoms with E-state index < -0.39 is 18.1 Å². The standard InChI is InChI=1S/C14H26F3NO/c1-13(2,8-9-19-3)10-18-12-7-5-4-6-11(12)14(15,16)17/h11-12,18H,4-10H2,1-3H3. The molecule has 114 valence electrons. The fraction of sp³-hybridized carbons (Fsp3) is 1.00. The zero-order valence-corrected chi connectivity index (χ0v) is 12.1. The van der Waals surface area contributed by atoms with Crippen LogP contribution in [0.1, 0.15) is 46.0 Å². The van der Waals surface area contributed by atoms with E-state index in [1.807, 2.05) is 0 Å². The molecule has 0 aromatic rings. The summed E-state index contributed by atoms with van der Waals surface area (Å²) in [4.78, 5) is 0. The third-order valence-electron chi connectivity index (χ3n) is 4.01. The van der Waals surface area contributed by atoms with Crippen LogP contribution < -0.4 is 5.32 Å². The van der Waals surface area contributed by atoms with Crippen LogP contribution in [0.2, 0.25) is 0 Å². The molecule has 0 aliphatic heterocycles. The van der Waals surface area contributed by atoms with Crippen LogP contribution in [0.4, 0.5) is 13.2 Å². The van der Waals surface area contributed by atoms with Crippen LogP contribution >= 0.6 is 0 Å². The zero-order chi connectivity index (χ0) is 14.5. The third-order valence-corrected chi connectivity index (χ3v) is 4.01. The second-order valence-corrected chi connectivity index (χ2v) is 6.33. The molecule has 1 N–H and O–H groups in total. The Labute approximate surface area is 114 Å². The molecule has 1 rings (SSSR count). The normalized spacial score (nSPS) is 25.6. The highest BCUT2D eigenvalue weighted by molar-refractivity contribution is 4.87. The lowest BCUT2D eigenvalue weighted by Crippen LogP contribution is -2.48. The maximum absolute atomic E-state index is 13.0. The van der Waals surface area contributed by atoms with Gasteiger partial charge in [0, 0.05) is 26.3 Å². The van der Waals surface area contributed by atoms with Crippen molar-refractivity contribution in [2.75, 3.05) is 20.3 Å². The number of hydrogen-bond donors (Lipinski definition) is 1. The van der Waals surface area contributed by atoms with Gasteiger partial charge < -0.3 is 10.1 Å². The Hall–Kier alpha value is -0.290. The van der Waals surface area contributed by atoms with Crippen molar-refractivity contribution in [2.24, 2.45) is 11.3 Å². The molecule has 0 bridgehead atoms. The molecule has 1 aliphatic carbocycles. The predicted molar refractivity (Wildman–Crippen MR) is 70.1 cm³/mol. The molecular weight excluding hydrogens is 255 g/mol. The summed E-state index contributed by atoms with van der Waals surface area (Å²) >= 11 is 0. The van der Waals surface area contributed by atoms with Crippen molar-refractivity contribution in [1.82, 2.24) is 5.32 Å². The Bertz CT molecular complexity index is 266. The summed E-state index contributed by atoms with van der Waals surface area (Å²) in [6, 6.07) is -0.421. The molecular formula is C14H26F3NO. The molecule has 1 saturated carbocycles. The van der Waals surface area contributed by atoms with Crippen molar-refractivity contribution in [3.63, 3.8) is 0 Å². The first-order valence-electron chi connectivity index (χ1n) is 7.05. The quantitative estimate of drug-likeness (QED) is 0.800. The fourth-order valence-corrected chi connectivity index (χ4v) is 2.64. The summed E-state index contributed by atoms with van der Waals surface area (Å²) in [5.41, 5.74) is -0.0381. The lowest BCUT2D eigenvalue weighted by molar-refractivity contribution is -0.189. The van der Waals surface area contributed by atoms with Crippen LogP contribution in [0.5, 0.6) is 0 Å². The SMILES string of the molecule is COCCC(C)(C)CNC1CCCCC1C(F)(F)F. The van der Waals surface area contributed by atoms with Crippen molar-refractivity contribution in [2.45, 2.75) is 58.2 Å². The van der Waals surface area contributed by atoms with Gasteiger partial charge in [-0.25, -0.2) is 0 Å². The minimum absolute atomic E-state index is 0.0381. The maximum atomic E-state index is 13.0. The Kier molecular flexibility index (Phi) is 6.12. The number of hydrogen-bond acceptors (Lipinski definition) is 2. The minimum Gasteiger partial charge on any atom is -0.385 e. The number of halogens is 3. The summed E-state index contributed by atoms with van der Waals surface area (Å²) in [6.45, 7) is 5.37. The molecule has 1 fully saturated rings. The molecule has 0 spiro atoms. The lowest BCUT2D eigenvalue weighted by atomic mass is 9.82. The Morgan fingerprint density at radius 2 is 1.79 bits per heavy atom. The van der Waals surface area contributed by atoms with E-state index >= 15 is 0 Å². The highest BCUT2D eigenvalue weighted by Gasteiger charge is 2.45. The average molecular weight is 281 g/mol. The number of nitrogens with one attached hydrogen (secondary N) is 1. The van der Waals surface area contributed by atoms with E-state index in [1.165, 1.54) is 0 Å². The molecule has 2 nitrogen and oxygen atoms in total. The van der Waals surface area contributed by atoms with Crippen molar-refractivity contribution in [1.29, 1.82) is 0 Å². The van der Waals surface area contributed by atoms with Crippen molar-refractivity contribution in [3.05, 3.63) is 0 Å². The molecule has 0 aromatic heterocycles. The summed E-state index contributed by atoms with van der Waals surface area (Å²) in [5.74, 6) is -1.18. The van der Waals surface area contributed by atoms with E-state index in [0.29, 0.717) is 26.0 Å². The highest BCUT2D eigenvalue weighted by Crippen LogP contribution is 2.38. The van der Waals surface area contributed by atoms with Crippen molar-refractivity contribution in [3.8, 4) is 0 Å². The van der Waals surface area contributed by atoms with Gasteiger partial charge in [0.1, 0.15) is 0 Å². The van der Waals surface area contributed by atoms with Gasteiger partial charge in [0.2, 0.25) is 0 Å². The highest BCUT2D eigenvalue weighted by atomic mass is 19.4. The lowest BCUT2D eigenvalue weighted by Gasteiger charge is -2.36. The summed E-state index contributed by atoms with van der Waals surface area (Å²) in [6.07, 6.45) is -0.753. The van der Waals surface area contributed by atoms with E-state index in [4.69, 9.17) is 4.74 Å². The van der Waals surface area contributed by atoms with Gasteiger partial charge in [-0.15, -0.1) is 0 Å². The van der Waals surface area contributed by atoms with E-state index in [2.05, 4.69) is 19.2 Å². The monoisotopic (exact) mass is 281 g/mol. The number of rotatable bonds is 6. The molecule has 5 heteroatoms. The predicted octanol–water partition coefficient (Wildman–Crippen LogP) is 3.76. The van der Waals surface area contributed by atoms with Crippen LogP contribution in [0.25, 0.3) is 0 Å². The first-order valence-corrected chi connectivity index (χ1v) is 7.05. The van der Waals surface area contributed by atoms with Gasteiger partial charge in [-0.3, -0.25) is 0 Å². The van der Waals surface area contributed by atoms with Crippen LogP contribution in [-0.2, 0) is 4.74 Å². The molecule has 0 aromatic carbocycles. The number of alkyl halides is 3. The van der Waals surface area contributed by atoms with Crippen molar-refractivity contribution >= 4 is 0 Å². The summed E-state index contributed by atoms with van der Waals surface area (Å²) in [7, 11) is 1.64. The van der Waals surface area contributed by atoms with Gasteiger partial charge in [-0.05, 0) is 24.7 Å². The maximum Gasteiger partial charge on any atom is 0.393 e. The van der Waals surface area contributed by atoms with Crippen LogP contribution in [-0.4, -0.2) is 32.5 Å². The zero-order valence-electron chi connectivity index (χ0n) is 12.1. The van der Waals surface area contributed by atoms with Gasteiger partial charge in [0.25, 0.3) is 0 Å². The molecule has 19 heavy (non-hydrogen) atoms. The van der Waals surface area contributed by atoms with Crippen LogP contribution in [0.15, 0.2) is 0 Å². The summed E-state index contributed by atoms with van der Waals surface area (Å²) in [5, 5.41) is 3.15. The molecule has 0 saturated heterocycles. The minimum atomic E-state index is -4.07. The van der Waals surface area contributed by atoms with E-state index in [9.17, 15) is 13.2 Å². The average Bonchev–Trinajstić information content (AvgIpc) is 2.33. The summed E-state index contributed by atoms with van der Waals surface area (Å²) < 4.78 is 43.9. The largest absolute Gasteiger partial charge is 0.393 e. The van der Waals surface area contributed by atoms with E-state index in [1.54, 1.807) is 7.11 Å². The fourth-order valence-electron chi connectivity index (χ4n) is 2.64. The van der Waals surface area contributed by atoms with Crippen LogP contribution in [0, 0.1) is 11.3 Å². The molecule has 2 atom stereocenters. The second kappa shape index (κ2) is 6.93. The van der Waals surface area contributed by atoms with E-state index in [-0.39, 0.29) is 11.8 Å². The second-order valence-electron chi connectivity index (χ2n) is 6.33. The first-order chi connectivity index (χ1) is 8.76. The van der Waals surface area contributed by atoms with Gasteiger partial charge in [-0.2, -0.15) is 13.2 Å². The molecule has 0 heterocycles. The van der Waals surface area contributed by atoms with Gasteiger partial charge in [0.15, 0.2) is 0 Å². The molecule has 0 amide bonds. The number of methoxy groups -OCH3 is 1. The van der Waals surface area contributed by atoms with E-state index in [0.717, 1.165) is 12.8 Å². The molecule has 1 aliphatic rings. The Balaban J connectivity index is 2.49. The third kappa shape index (κ3) is 5.69. The van der Waals surface area contributed by atoms with Gasteiger partial charge >= 0.3 is 6.18 Å². The smallest absolute Gasteiger partial charge is 0.385 e. The van der Waals surface area contributed by atoms with Crippen LogP contribution in [0.3, 0.4) is 0 Å².